The molecule has 0 unspecified atom stereocenters. The van der Waals surface area contributed by atoms with Crippen LogP contribution in [-0.2, 0) is 9.59 Å². The van der Waals surface area contributed by atoms with Gasteiger partial charge in [0.2, 0.25) is 0 Å². The number of carboxylic acid groups (broad SMARTS) is 1. The summed E-state index contributed by atoms with van der Waals surface area (Å²) in [7, 11) is 0. The van der Waals surface area contributed by atoms with E-state index >= 15 is 0 Å². The number of halogens is 1. The number of hydrogen-bond donors (Lipinski definition) is 2. The molecule has 3 rings (SSSR count). The average Bonchev–Trinajstić information content (AvgIpc) is 2.75. The van der Waals surface area contributed by atoms with E-state index in [9.17, 15) is 14.7 Å². The number of benzene rings is 3. The molecule has 0 saturated carbocycles. The summed E-state index contributed by atoms with van der Waals surface area (Å²) in [6, 6.07) is 23.3. The molecule has 3 aromatic rings. The first-order valence-electron chi connectivity index (χ1n) is 8.96. The summed E-state index contributed by atoms with van der Waals surface area (Å²) in [6.07, 6.45) is 1.37. The minimum Gasteiger partial charge on any atom is -0.484 e. The summed E-state index contributed by atoms with van der Waals surface area (Å²) in [5, 5.41) is 11.8. The second-order valence-corrected chi connectivity index (χ2v) is 7.28. The normalized spacial score (nSPS) is 10.9. The highest BCUT2D eigenvalue weighted by molar-refractivity contribution is 14.1. The van der Waals surface area contributed by atoms with Gasteiger partial charge in [-0.1, -0.05) is 42.5 Å². The van der Waals surface area contributed by atoms with Gasteiger partial charge < -0.3 is 19.9 Å². The number of carbonyl (C=O) groups excluding carboxylic acids is 1. The largest absolute Gasteiger partial charge is 0.484 e. The van der Waals surface area contributed by atoms with Gasteiger partial charge in [-0.2, -0.15) is 0 Å². The average molecular weight is 515 g/mol. The molecule has 2 N–H and O–H groups in total. The van der Waals surface area contributed by atoms with Crippen LogP contribution in [0.15, 0.2) is 84.6 Å². The van der Waals surface area contributed by atoms with E-state index in [-0.39, 0.29) is 12.3 Å². The standard InChI is InChI=1S/C23H18INO5/c24-19-8-4-5-9-21(19)30-18-12-10-16(11-13-18)14-20(23(27)28)25-22(26)15-29-17-6-2-1-3-7-17/h1-14H,15H2,(H,25,26)(H,27,28)/b20-14-. The summed E-state index contributed by atoms with van der Waals surface area (Å²) in [6.45, 7) is -0.295. The van der Waals surface area contributed by atoms with Crippen molar-refractivity contribution in [1.29, 1.82) is 0 Å². The van der Waals surface area contributed by atoms with Crippen molar-refractivity contribution in [1.82, 2.24) is 5.32 Å². The molecule has 30 heavy (non-hydrogen) atoms. The first-order valence-corrected chi connectivity index (χ1v) is 10.0. The lowest BCUT2D eigenvalue weighted by molar-refractivity contribution is -0.134. The maximum atomic E-state index is 12.0. The molecule has 0 spiro atoms. The van der Waals surface area contributed by atoms with E-state index in [1.165, 1.54) is 6.08 Å². The van der Waals surface area contributed by atoms with Crippen LogP contribution in [0.2, 0.25) is 0 Å². The molecular weight excluding hydrogens is 497 g/mol. The fourth-order valence-corrected chi connectivity index (χ4v) is 2.95. The molecule has 0 heterocycles. The molecule has 0 atom stereocenters. The van der Waals surface area contributed by atoms with Crippen molar-refractivity contribution >= 4 is 40.5 Å². The van der Waals surface area contributed by atoms with Crippen LogP contribution < -0.4 is 14.8 Å². The molecule has 0 saturated heterocycles. The Morgan fingerprint density at radius 1 is 0.900 bits per heavy atom. The van der Waals surface area contributed by atoms with Crippen LogP contribution in [0, 0.1) is 3.57 Å². The molecule has 0 aromatic heterocycles. The molecule has 0 fully saturated rings. The van der Waals surface area contributed by atoms with Crippen molar-refractivity contribution in [3.8, 4) is 17.2 Å². The van der Waals surface area contributed by atoms with Crippen LogP contribution in [0.4, 0.5) is 0 Å². The Morgan fingerprint density at radius 2 is 1.57 bits per heavy atom. The Hall–Kier alpha value is -3.33. The van der Waals surface area contributed by atoms with Gasteiger partial charge in [0, 0.05) is 0 Å². The predicted molar refractivity (Wildman–Crippen MR) is 121 cm³/mol. The third-order valence-corrected chi connectivity index (χ3v) is 4.76. The van der Waals surface area contributed by atoms with Crippen LogP contribution in [0.1, 0.15) is 5.56 Å². The Kier molecular flexibility index (Phi) is 7.45. The van der Waals surface area contributed by atoms with Gasteiger partial charge in [0.15, 0.2) is 6.61 Å². The van der Waals surface area contributed by atoms with Crippen LogP contribution in [0.3, 0.4) is 0 Å². The summed E-state index contributed by atoms with van der Waals surface area (Å²) in [4.78, 5) is 23.6. The zero-order valence-electron chi connectivity index (χ0n) is 15.7. The number of para-hydroxylation sites is 2. The van der Waals surface area contributed by atoms with Crippen molar-refractivity contribution in [3.63, 3.8) is 0 Å². The van der Waals surface area contributed by atoms with E-state index in [0.29, 0.717) is 17.1 Å². The van der Waals surface area contributed by atoms with Gasteiger partial charge in [0.25, 0.3) is 5.91 Å². The Balaban J connectivity index is 1.63. The van der Waals surface area contributed by atoms with Crippen molar-refractivity contribution in [3.05, 3.63) is 93.7 Å². The molecule has 6 nitrogen and oxygen atoms in total. The quantitative estimate of drug-likeness (QED) is 0.336. The van der Waals surface area contributed by atoms with Gasteiger partial charge >= 0.3 is 5.97 Å². The van der Waals surface area contributed by atoms with Crippen molar-refractivity contribution in [2.24, 2.45) is 0 Å². The topological polar surface area (TPSA) is 84.9 Å². The molecular formula is C23H18INO5. The third-order valence-electron chi connectivity index (χ3n) is 3.87. The summed E-state index contributed by atoms with van der Waals surface area (Å²) >= 11 is 2.19. The van der Waals surface area contributed by atoms with Crippen LogP contribution in [0.25, 0.3) is 6.08 Å². The van der Waals surface area contributed by atoms with Crippen molar-refractivity contribution in [2.75, 3.05) is 6.61 Å². The summed E-state index contributed by atoms with van der Waals surface area (Å²) in [5.74, 6) is 0.0669. The highest BCUT2D eigenvalue weighted by Gasteiger charge is 2.12. The molecule has 0 aliphatic heterocycles. The fraction of sp³-hybridized carbons (Fsp3) is 0.0435. The number of aliphatic carboxylic acids is 1. The van der Waals surface area contributed by atoms with Gasteiger partial charge in [0.05, 0.1) is 3.57 Å². The smallest absolute Gasteiger partial charge is 0.352 e. The number of rotatable bonds is 8. The van der Waals surface area contributed by atoms with E-state index < -0.39 is 11.9 Å². The van der Waals surface area contributed by atoms with Gasteiger partial charge in [0.1, 0.15) is 22.9 Å². The lowest BCUT2D eigenvalue weighted by atomic mass is 10.2. The molecule has 1 amide bonds. The van der Waals surface area contributed by atoms with E-state index in [1.807, 2.05) is 30.3 Å². The monoisotopic (exact) mass is 515 g/mol. The van der Waals surface area contributed by atoms with Crippen molar-refractivity contribution < 1.29 is 24.2 Å². The lowest BCUT2D eigenvalue weighted by Gasteiger charge is -2.09. The Morgan fingerprint density at radius 3 is 2.23 bits per heavy atom. The van der Waals surface area contributed by atoms with E-state index in [4.69, 9.17) is 9.47 Å². The number of carbonyl (C=O) groups is 2. The maximum absolute atomic E-state index is 12.0. The minimum atomic E-state index is -1.25. The second kappa shape index (κ2) is 10.4. The van der Waals surface area contributed by atoms with Gasteiger partial charge in [-0.15, -0.1) is 0 Å². The van der Waals surface area contributed by atoms with E-state index in [1.54, 1.807) is 48.5 Å². The van der Waals surface area contributed by atoms with Gasteiger partial charge in [-0.05, 0) is 70.6 Å². The molecule has 3 aromatic carbocycles. The zero-order valence-corrected chi connectivity index (χ0v) is 17.9. The van der Waals surface area contributed by atoms with Crippen molar-refractivity contribution in [2.45, 2.75) is 0 Å². The molecule has 0 radical (unpaired) electrons. The predicted octanol–water partition coefficient (Wildman–Crippen LogP) is 4.70. The number of nitrogens with one attached hydrogen (secondary N) is 1. The molecule has 0 aliphatic rings. The number of ether oxygens (including phenoxy) is 2. The first-order chi connectivity index (χ1) is 14.5. The maximum Gasteiger partial charge on any atom is 0.352 e. The number of hydrogen-bond acceptors (Lipinski definition) is 4. The zero-order chi connectivity index (χ0) is 21.3. The molecule has 152 valence electrons. The number of amides is 1. The molecule has 0 aliphatic carbocycles. The van der Waals surface area contributed by atoms with Crippen LogP contribution in [-0.4, -0.2) is 23.6 Å². The molecule has 0 bridgehead atoms. The molecule has 7 heteroatoms. The Labute approximate surface area is 187 Å². The summed E-state index contributed by atoms with van der Waals surface area (Å²) in [5.41, 5.74) is 0.356. The lowest BCUT2D eigenvalue weighted by Crippen LogP contribution is -2.31. The van der Waals surface area contributed by atoms with E-state index in [0.717, 1.165) is 9.32 Å². The van der Waals surface area contributed by atoms with Crippen LogP contribution in [0.5, 0.6) is 17.2 Å². The van der Waals surface area contributed by atoms with Gasteiger partial charge in [-0.25, -0.2) is 4.79 Å². The SMILES string of the molecule is O=C(COc1ccccc1)N/C(=C\c1ccc(Oc2ccccc2I)cc1)C(=O)O. The summed E-state index contributed by atoms with van der Waals surface area (Å²) < 4.78 is 12.1. The highest BCUT2D eigenvalue weighted by Crippen LogP contribution is 2.26. The minimum absolute atomic E-state index is 0.247. The Bertz CT molecular complexity index is 1050. The second-order valence-electron chi connectivity index (χ2n) is 6.11. The van der Waals surface area contributed by atoms with E-state index in [2.05, 4.69) is 27.9 Å². The van der Waals surface area contributed by atoms with Crippen LogP contribution >= 0.6 is 22.6 Å². The third kappa shape index (κ3) is 6.35. The fourth-order valence-electron chi connectivity index (χ4n) is 2.46. The number of carboxylic acids is 1. The highest BCUT2D eigenvalue weighted by atomic mass is 127. The van der Waals surface area contributed by atoms with Gasteiger partial charge in [-0.3, -0.25) is 4.79 Å². The first kappa shape index (κ1) is 21.4.